The van der Waals surface area contributed by atoms with Crippen LogP contribution in [0.2, 0.25) is 0 Å². The van der Waals surface area contributed by atoms with Crippen molar-refractivity contribution in [1.82, 2.24) is 5.32 Å². The molecular weight excluding hydrogens is 324 g/mol. The number of halogens is 2. The first-order chi connectivity index (χ1) is 11.1. The van der Waals surface area contributed by atoms with Gasteiger partial charge in [-0.25, -0.2) is 0 Å². The van der Waals surface area contributed by atoms with Crippen molar-refractivity contribution < 1.29 is 23.4 Å². The van der Waals surface area contributed by atoms with Crippen molar-refractivity contribution in [2.75, 3.05) is 13.2 Å². The number of aliphatic hydroxyl groups excluding tert-OH is 1. The maximum Gasteiger partial charge on any atom is 0.387 e. The number of carbonyl (C=O) groups is 1. The van der Waals surface area contributed by atoms with Crippen LogP contribution in [0.25, 0.3) is 0 Å². The number of benzene rings is 1. The third kappa shape index (κ3) is 5.30. The molecule has 2 N–H and O–H groups in total. The lowest BCUT2D eigenvalue weighted by Crippen LogP contribution is -2.31. The van der Waals surface area contributed by atoms with Crippen molar-refractivity contribution in [3.8, 4) is 5.75 Å². The van der Waals surface area contributed by atoms with Gasteiger partial charge >= 0.3 is 6.61 Å². The summed E-state index contributed by atoms with van der Waals surface area (Å²) in [5.41, 5.74) is 1.05. The Morgan fingerprint density at radius 2 is 2.00 bits per heavy atom. The fraction of sp³-hybridized carbons (Fsp3) is 0.312. The highest BCUT2D eigenvalue weighted by Gasteiger charge is 2.18. The SMILES string of the molecule is O=C(NC[C@H](CO)Cc1ccccc1)c1sccc1OC(F)F. The Hall–Kier alpha value is -1.99. The van der Waals surface area contributed by atoms with E-state index in [0.29, 0.717) is 6.42 Å². The van der Waals surface area contributed by atoms with Gasteiger partial charge in [0.05, 0.1) is 0 Å². The molecule has 0 aliphatic carbocycles. The number of carbonyl (C=O) groups excluding carboxylic acids is 1. The average molecular weight is 341 g/mol. The molecule has 1 amide bonds. The van der Waals surface area contributed by atoms with E-state index in [-0.39, 0.29) is 29.7 Å². The van der Waals surface area contributed by atoms with Gasteiger partial charge in [-0.2, -0.15) is 8.78 Å². The first-order valence-corrected chi connectivity index (χ1v) is 7.93. The first-order valence-electron chi connectivity index (χ1n) is 7.05. The van der Waals surface area contributed by atoms with Crippen LogP contribution in [0.5, 0.6) is 5.75 Å². The summed E-state index contributed by atoms with van der Waals surface area (Å²) in [5.74, 6) is -0.769. The number of hydrogen-bond acceptors (Lipinski definition) is 4. The van der Waals surface area contributed by atoms with E-state index >= 15 is 0 Å². The third-order valence-corrected chi connectivity index (χ3v) is 4.12. The zero-order chi connectivity index (χ0) is 16.7. The summed E-state index contributed by atoms with van der Waals surface area (Å²) in [6.07, 6.45) is 0.614. The van der Waals surface area contributed by atoms with Gasteiger partial charge in [-0.05, 0) is 23.4 Å². The van der Waals surface area contributed by atoms with Crippen molar-refractivity contribution in [3.63, 3.8) is 0 Å². The van der Waals surface area contributed by atoms with E-state index in [9.17, 15) is 18.7 Å². The Kier molecular flexibility index (Phi) is 6.49. The van der Waals surface area contributed by atoms with Crippen molar-refractivity contribution in [2.24, 2.45) is 5.92 Å². The third-order valence-electron chi connectivity index (χ3n) is 3.23. The van der Waals surface area contributed by atoms with Gasteiger partial charge in [0.15, 0.2) is 0 Å². The molecule has 1 atom stereocenters. The minimum Gasteiger partial charge on any atom is -0.433 e. The second-order valence-corrected chi connectivity index (χ2v) is 5.86. The number of hydrogen-bond donors (Lipinski definition) is 2. The standard InChI is InChI=1S/C16H17F2NO3S/c17-16(18)22-13-6-7-23-14(13)15(21)19-9-12(10-20)8-11-4-2-1-3-5-11/h1-7,12,16,20H,8-10H2,(H,19,21)/t12-/m1/s1. The number of aliphatic hydroxyl groups is 1. The smallest absolute Gasteiger partial charge is 0.387 e. The number of ether oxygens (including phenoxy) is 1. The fourth-order valence-corrected chi connectivity index (χ4v) is 2.86. The quantitative estimate of drug-likeness (QED) is 0.776. The summed E-state index contributed by atoms with van der Waals surface area (Å²) in [6.45, 7) is -2.81. The molecule has 0 aliphatic rings. The first kappa shape index (κ1) is 17.4. The summed E-state index contributed by atoms with van der Waals surface area (Å²) in [5, 5.41) is 13.6. The van der Waals surface area contributed by atoms with Crippen LogP contribution in [0, 0.1) is 5.92 Å². The summed E-state index contributed by atoms with van der Waals surface area (Å²) >= 11 is 1.03. The maximum atomic E-state index is 12.3. The van der Waals surface area contributed by atoms with Crippen LogP contribution in [0.1, 0.15) is 15.2 Å². The van der Waals surface area contributed by atoms with Crippen LogP contribution in [0.15, 0.2) is 41.8 Å². The van der Waals surface area contributed by atoms with Gasteiger partial charge in [-0.3, -0.25) is 4.79 Å². The molecule has 124 valence electrons. The van der Waals surface area contributed by atoms with Crippen molar-refractivity contribution >= 4 is 17.2 Å². The number of nitrogens with one attached hydrogen (secondary N) is 1. The number of thiophene rings is 1. The largest absolute Gasteiger partial charge is 0.433 e. The highest BCUT2D eigenvalue weighted by atomic mass is 32.1. The molecule has 2 aromatic rings. The molecule has 0 bridgehead atoms. The van der Waals surface area contributed by atoms with Crippen LogP contribution in [-0.4, -0.2) is 30.8 Å². The Morgan fingerprint density at radius 1 is 1.26 bits per heavy atom. The fourth-order valence-electron chi connectivity index (χ4n) is 2.12. The average Bonchev–Trinajstić information content (AvgIpc) is 2.99. The van der Waals surface area contributed by atoms with E-state index < -0.39 is 12.5 Å². The molecular formula is C16H17F2NO3S. The molecule has 0 saturated carbocycles. The second-order valence-electron chi connectivity index (χ2n) is 4.94. The van der Waals surface area contributed by atoms with E-state index in [1.165, 1.54) is 11.4 Å². The molecule has 1 aromatic carbocycles. The lowest BCUT2D eigenvalue weighted by molar-refractivity contribution is -0.0498. The van der Waals surface area contributed by atoms with E-state index in [2.05, 4.69) is 10.1 Å². The topological polar surface area (TPSA) is 58.6 Å². The minimum absolute atomic E-state index is 0.0833. The monoisotopic (exact) mass is 341 g/mol. The Balaban J connectivity index is 1.91. The summed E-state index contributed by atoms with van der Waals surface area (Å²) < 4.78 is 28.8. The molecule has 0 saturated heterocycles. The zero-order valence-electron chi connectivity index (χ0n) is 12.2. The van der Waals surface area contributed by atoms with E-state index in [0.717, 1.165) is 16.9 Å². The highest BCUT2D eigenvalue weighted by Crippen LogP contribution is 2.26. The van der Waals surface area contributed by atoms with Gasteiger partial charge in [0.2, 0.25) is 0 Å². The molecule has 4 nitrogen and oxygen atoms in total. The Bertz CT molecular complexity index is 619. The predicted octanol–water partition coefficient (Wildman–Crippen LogP) is 2.93. The molecule has 0 aliphatic heterocycles. The Morgan fingerprint density at radius 3 is 2.65 bits per heavy atom. The van der Waals surface area contributed by atoms with Gasteiger partial charge in [-0.1, -0.05) is 30.3 Å². The van der Waals surface area contributed by atoms with Gasteiger partial charge < -0.3 is 15.2 Å². The van der Waals surface area contributed by atoms with Crippen LogP contribution in [0.4, 0.5) is 8.78 Å². The van der Waals surface area contributed by atoms with Crippen LogP contribution in [0.3, 0.4) is 0 Å². The van der Waals surface area contributed by atoms with Crippen LogP contribution in [-0.2, 0) is 6.42 Å². The second kappa shape index (κ2) is 8.59. The summed E-state index contributed by atoms with van der Waals surface area (Å²) in [7, 11) is 0. The maximum absolute atomic E-state index is 12.3. The molecule has 0 radical (unpaired) electrons. The van der Waals surface area contributed by atoms with Crippen LogP contribution >= 0.6 is 11.3 Å². The predicted molar refractivity (Wildman–Crippen MR) is 84.0 cm³/mol. The van der Waals surface area contributed by atoms with Crippen molar-refractivity contribution in [3.05, 3.63) is 52.2 Å². The molecule has 0 fully saturated rings. The lowest BCUT2D eigenvalue weighted by Gasteiger charge is -2.15. The van der Waals surface area contributed by atoms with Crippen molar-refractivity contribution in [2.45, 2.75) is 13.0 Å². The molecule has 2 rings (SSSR count). The van der Waals surface area contributed by atoms with Gasteiger partial charge in [0.1, 0.15) is 10.6 Å². The summed E-state index contributed by atoms with van der Waals surface area (Å²) in [6, 6.07) is 10.9. The number of alkyl halides is 2. The van der Waals surface area contributed by atoms with Gasteiger partial charge in [0, 0.05) is 19.1 Å². The molecule has 7 heteroatoms. The molecule has 1 aromatic heterocycles. The number of amides is 1. The normalized spacial score (nSPS) is 12.2. The highest BCUT2D eigenvalue weighted by molar-refractivity contribution is 7.12. The minimum atomic E-state index is -2.97. The van der Waals surface area contributed by atoms with Gasteiger partial charge in [-0.15, -0.1) is 11.3 Å². The molecule has 1 heterocycles. The molecule has 0 spiro atoms. The van der Waals surface area contributed by atoms with E-state index in [4.69, 9.17) is 0 Å². The zero-order valence-corrected chi connectivity index (χ0v) is 13.1. The number of rotatable bonds is 8. The molecule has 23 heavy (non-hydrogen) atoms. The Labute approximate surface area is 136 Å². The lowest BCUT2D eigenvalue weighted by atomic mass is 10.00. The van der Waals surface area contributed by atoms with E-state index in [1.807, 2.05) is 30.3 Å². The van der Waals surface area contributed by atoms with E-state index in [1.54, 1.807) is 0 Å². The van der Waals surface area contributed by atoms with Crippen LogP contribution < -0.4 is 10.1 Å². The molecule has 0 unspecified atom stereocenters. The van der Waals surface area contributed by atoms with Crippen molar-refractivity contribution in [1.29, 1.82) is 0 Å². The van der Waals surface area contributed by atoms with Gasteiger partial charge in [0.25, 0.3) is 5.91 Å². The summed E-state index contributed by atoms with van der Waals surface area (Å²) in [4.78, 5) is 12.2.